The molecule has 0 unspecified atom stereocenters. The molecule has 1 aromatic carbocycles. The molecule has 86 valence electrons. The third kappa shape index (κ3) is 1.74. The third-order valence-electron chi connectivity index (χ3n) is 2.77. The van der Waals surface area contributed by atoms with E-state index in [1.807, 2.05) is 0 Å². The van der Waals surface area contributed by atoms with Crippen LogP contribution in [0.1, 0.15) is 5.56 Å². The zero-order valence-electron chi connectivity index (χ0n) is 9.11. The topological polar surface area (TPSA) is 49.6 Å². The second kappa shape index (κ2) is 4.09. The van der Waals surface area contributed by atoms with Gasteiger partial charge in [0.05, 0.1) is 5.69 Å². The summed E-state index contributed by atoms with van der Waals surface area (Å²) in [4.78, 5) is 14.9. The molecule has 5 heteroatoms. The average Bonchev–Trinajstić information content (AvgIpc) is 2.60. The normalized spacial score (nSPS) is 16.1. The van der Waals surface area contributed by atoms with Gasteiger partial charge >= 0.3 is 6.03 Å². The fourth-order valence-electron chi connectivity index (χ4n) is 1.83. The second-order valence-electron chi connectivity index (χ2n) is 3.83. The van der Waals surface area contributed by atoms with Crippen molar-refractivity contribution in [1.82, 2.24) is 4.90 Å². The molecule has 0 spiro atoms. The lowest BCUT2D eigenvalue weighted by Gasteiger charge is -2.19. The molecule has 1 saturated heterocycles. The van der Waals surface area contributed by atoms with Crippen LogP contribution in [-0.4, -0.2) is 31.1 Å². The quantitative estimate of drug-likeness (QED) is 0.817. The van der Waals surface area contributed by atoms with Crippen molar-refractivity contribution in [2.75, 3.05) is 25.0 Å². The molecule has 16 heavy (non-hydrogen) atoms. The lowest BCUT2D eigenvalue weighted by atomic mass is 10.1. The summed E-state index contributed by atoms with van der Waals surface area (Å²) in [5.41, 5.74) is 6.94. The summed E-state index contributed by atoms with van der Waals surface area (Å²) in [6, 6.07) is 4.23. The zero-order valence-corrected chi connectivity index (χ0v) is 9.11. The van der Waals surface area contributed by atoms with Gasteiger partial charge in [0.1, 0.15) is 5.82 Å². The van der Waals surface area contributed by atoms with Crippen molar-refractivity contribution >= 4 is 11.7 Å². The van der Waals surface area contributed by atoms with Gasteiger partial charge in [-0.05, 0) is 17.7 Å². The molecule has 1 aliphatic heterocycles. The highest BCUT2D eigenvalue weighted by Gasteiger charge is 2.28. The van der Waals surface area contributed by atoms with Gasteiger partial charge in [-0.1, -0.05) is 6.07 Å². The molecule has 2 N–H and O–H groups in total. The van der Waals surface area contributed by atoms with Crippen LogP contribution >= 0.6 is 0 Å². The van der Waals surface area contributed by atoms with Gasteiger partial charge in [-0.2, -0.15) is 0 Å². The first-order valence-electron chi connectivity index (χ1n) is 5.14. The highest BCUT2D eigenvalue weighted by atomic mass is 19.1. The van der Waals surface area contributed by atoms with Crippen molar-refractivity contribution < 1.29 is 9.18 Å². The predicted molar refractivity (Wildman–Crippen MR) is 59.7 cm³/mol. The van der Waals surface area contributed by atoms with Crippen molar-refractivity contribution in [2.24, 2.45) is 5.73 Å². The number of nitrogens with zero attached hydrogens (tertiary/aromatic N) is 2. The first kappa shape index (κ1) is 10.9. The Balaban J connectivity index is 2.39. The van der Waals surface area contributed by atoms with Gasteiger partial charge < -0.3 is 10.6 Å². The lowest BCUT2D eigenvalue weighted by molar-refractivity contribution is 0.229. The van der Waals surface area contributed by atoms with Crippen LogP contribution in [0.5, 0.6) is 0 Å². The van der Waals surface area contributed by atoms with Crippen LogP contribution in [0.15, 0.2) is 18.2 Å². The van der Waals surface area contributed by atoms with Gasteiger partial charge in [0.15, 0.2) is 0 Å². The molecule has 0 aliphatic carbocycles. The van der Waals surface area contributed by atoms with Crippen LogP contribution in [0.3, 0.4) is 0 Å². The van der Waals surface area contributed by atoms with E-state index >= 15 is 0 Å². The van der Waals surface area contributed by atoms with Crippen LogP contribution in [0.4, 0.5) is 14.9 Å². The predicted octanol–water partition coefficient (Wildman–Crippen LogP) is 1.16. The number of urea groups is 1. The second-order valence-corrected chi connectivity index (χ2v) is 3.83. The van der Waals surface area contributed by atoms with Crippen LogP contribution in [-0.2, 0) is 6.54 Å². The van der Waals surface area contributed by atoms with E-state index in [0.29, 0.717) is 25.3 Å². The number of hydrogen-bond acceptors (Lipinski definition) is 2. The molecule has 0 radical (unpaired) electrons. The van der Waals surface area contributed by atoms with Crippen molar-refractivity contribution in [2.45, 2.75) is 6.54 Å². The third-order valence-corrected chi connectivity index (χ3v) is 2.77. The summed E-state index contributed by atoms with van der Waals surface area (Å²) >= 11 is 0. The molecule has 1 heterocycles. The number of rotatable bonds is 2. The highest BCUT2D eigenvalue weighted by Crippen LogP contribution is 2.24. The Kier molecular flexibility index (Phi) is 2.78. The maximum atomic E-state index is 13.2. The van der Waals surface area contributed by atoms with Crippen LogP contribution in [0, 0.1) is 5.82 Å². The molecular formula is C11H14FN3O. The molecule has 2 amide bonds. The van der Waals surface area contributed by atoms with Gasteiger partial charge in [0.2, 0.25) is 0 Å². The van der Waals surface area contributed by atoms with Crippen molar-refractivity contribution in [3.05, 3.63) is 29.6 Å². The van der Waals surface area contributed by atoms with Crippen LogP contribution < -0.4 is 10.6 Å². The van der Waals surface area contributed by atoms with E-state index in [9.17, 15) is 9.18 Å². The highest BCUT2D eigenvalue weighted by molar-refractivity contribution is 5.94. The molecule has 0 aromatic heterocycles. The molecule has 0 bridgehead atoms. The maximum Gasteiger partial charge on any atom is 0.324 e. The number of benzene rings is 1. The number of nitrogens with two attached hydrogens (primary N) is 1. The maximum absolute atomic E-state index is 13.2. The first-order chi connectivity index (χ1) is 7.63. The Morgan fingerprint density at radius 3 is 2.75 bits per heavy atom. The Bertz CT molecular complexity index is 422. The van der Waals surface area contributed by atoms with Crippen LogP contribution in [0.2, 0.25) is 0 Å². The molecule has 1 aromatic rings. The standard InChI is InChI=1S/C11H14FN3O/c1-14-4-5-15(11(14)16)10-6-9(12)3-2-8(10)7-13/h2-3,6H,4-5,7,13H2,1H3. The van der Waals surface area contributed by atoms with E-state index in [1.165, 1.54) is 12.1 Å². The molecule has 2 rings (SSSR count). The zero-order chi connectivity index (χ0) is 11.7. The summed E-state index contributed by atoms with van der Waals surface area (Å²) in [7, 11) is 1.73. The minimum absolute atomic E-state index is 0.111. The number of hydrogen-bond donors (Lipinski definition) is 1. The summed E-state index contributed by atoms with van der Waals surface area (Å²) in [5, 5.41) is 0. The Morgan fingerprint density at radius 2 is 2.19 bits per heavy atom. The molecule has 0 atom stereocenters. The van der Waals surface area contributed by atoms with Gasteiger partial charge in [-0.3, -0.25) is 4.90 Å². The fraction of sp³-hybridized carbons (Fsp3) is 0.364. The van der Waals surface area contributed by atoms with Gasteiger partial charge in [0.25, 0.3) is 0 Å². The number of halogens is 1. The summed E-state index contributed by atoms with van der Waals surface area (Å²) < 4.78 is 13.2. The number of likely N-dealkylation sites (N-methyl/N-ethyl adjacent to an activating group) is 1. The van der Waals surface area contributed by atoms with E-state index in [4.69, 9.17) is 5.73 Å². The van der Waals surface area contributed by atoms with Gasteiger partial charge in [0, 0.05) is 26.7 Å². The molecule has 0 saturated carbocycles. The number of amides is 2. The average molecular weight is 223 g/mol. The Hall–Kier alpha value is -1.62. The first-order valence-corrected chi connectivity index (χ1v) is 5.14. The largest absolute Gasteiger partial charge is 0.326 e. The molecular weight excluding hydrogens is 209 g/mol. The van der Waals surface area contributed by atoms with Crippen molar-refractivity contribution in [1.29, 1.82) is 0 Å². The molecule has 1 aliphatic rings. The van der Waals surface area contributed by atoms with E-state index in [-0.39, 0.29) is 11.8 Å². The smallest absolute Gasteiger partial charge is 0.324 e. The van der Waals surface area contributed by atoms with Crippen LogP contribution in [0.25, 0.3) is 0 Å². The monoisotopic (exact) mass is 223 g/mol. The lowest BCUT2D eigenvalue weighted by Crippen LogP contribution is -2.30. The summed E-state index contributed by atoms with van der Waals surface area (Å²) in [5.74, 6) is -0.352. The molecule has 4 nitrogen and oxygen atoms in total. The number of carbonyl (C=O) groups excluding carboxylic acids is 1. The van der Waals surface area contributed by atoms with Gasteiger partial charge in [-0.25, -0.2) is 9.18 Å². The SMILES string of the molecule is CN1CCN(c2cc(F)ccc2CN)C1=O. The summed E-state index contributed by atoms with van der Waals surface area (Å²) in [6.07, 6.45) is 0. The number of anilines is 1. The number of carbonyl (C=O) groups is 1. The van der Waals surface area contributed by atoms with E-state index < -0.39 is 0 Å². The Morgan fingerprint density at radius 1 is 1.44 bits per heavy atom. The van der Waals surface area contributed by atoms with Crippen molar-refractivity contribution in [3.8, 4) is 0 Å². The van der Waals surface area contributed by atoms with Gasteiger partial charge in [-0.15, -0.1) is 0 Å². The fourth-order valence-corrected chi connectivity index (χ4v) is 1.83. The minimum Gasteiger partial charge on any atom is -0.326 e. The van der Waals surface area contributed by atoms with E-state index in [2.05, 4.69) is 0 Å². The Labute approximate surface area is 93.4 Å². The van der Waals surface area contributed by atoms with E-state index in [0.717, 1.165) is 5.56 Å². The summed E-state index contributed by atoms with van der Waals surface area (Å²) in [6.45, 7) is 1.52. The molecule has 1 fully saturated rings. The minimum atomic E-state index is -0.352. The van der Waals surface area contributed by atoms with Crippen molar-refractivity contribution in [3.63, 3.8) is 0 Å². The van der Waals surface area contributed by atoms with E-state index in [1.54, 1.807) is 22.9 Å².